The van der Waals surface area contributed by atoms with Gasteiger partial charge in [-0.2, -0.15) is 0 Å². The van der Waals surface area contributed by atoms with E-state index in [1.165, 1.54) is 15.6 Å². The SMILES string of the molecule is CN(CCC1CCOCC1)S(=O)(=O)c1cccs1. The minimum atomic E-state index is -3.28. The second-order valence-electron chi connectivity index (χ2n) is 4.60. The zero-order valence-corrected chi connectivity index (χ0v) is 12.2. The van der Waals surface area contributed by atoms with Crippen LogP contribution in [0, 0.1) is 5.92 Å². The smallest absolute Gasteiger partial charge is 0.252 e. The fourth-order valence-electron chi connectivity index (χ4n) is 2.08. The molecule has 102 valence electrons. The third-order valence-corrected chi connectivity index (χ3v) is 6.58. The average molecular weight is 289 g/mol. The first-order chi connectivity index (χ1) is 8.60. The maximum Gasteiger partial charge on any atom is 0.252 e. The second-order valence-corrected chi connectivity index (χ2v) is 7.82. The van der Waals surface area contributed by atoms with E-state index in [2.05, 4.69) is 0 Å². The van der Waals surface area contributed by atoms with Crippen LogP contribution in [0.4, 0.5) is 0 Å². The number of ether oxygens (including phenoxy) is 1. The lowest BCUT2D eigenvalue weighted by Crippen LogP contribution is -2.29. The van der Waals surface area contributed by atoms with Gasteiger partial charge < -0.3 is 4.74 Å². The Bertz CT molecular complexity index is 450. The van der Waals surface area contributed by atoms with Crippen LogP contribution in [-0.2, 0) is 14.8 Å². The summed E-state index contributed by atoms with van der Waals surface area (Å²) >= 11 is 1.27. The van der Waals surface area contributed by atoms with Crippen molar-refractivity contribution in [3.05, 3.63) is 17.5 Å². The normalized spacial score (nSPS) is 18.3. The Balaban J connectivity index is 1.89. The monoisotopic (exact) mass is 289 g/mol. The van der Waals surface area contributed by atoms with E-state index in [4.69, 9.17) is 4.74 Å². The molecule has 0 aromatic carbocycles. The standard InChI is InChI=1S/C12H19NO3S2/c1-13(7-4-11-5-8-16-9-6-11)18(14,15)12-3-2-10-17-12/h2-3,10-11H,4-9H2,1H3. The Kier molecular flexibility index (Phi) is 4.77. The Labute approximate surface area is 113 Å². The molecule has 1 saturated heterocycles. The molecule has 1 aromatic heterocycles. The number of hydrogen-bond donors (Lipinski definition) is 0. The van der Waals surface area contributed by atoms with Gasteiger partial charge in [0.1, 0.15) is 4.21 Å². The van der Waals surface area contributed by atoms with Crippen molar-refractivity contribution in [2.75, 3.05) is 26.8 Å². The quantitative estimate of drug-likeness (QED) is 0.834. The molecule has 1 aliphatic heterocycles. The van der Waals surface area contributed by atoms with E-state index in [1.54, 1.807) is 24.6 Å². The van der Waals surface area contributed by atoms with Gasteiger partial charge in [-0.3, -0.25) is 0 Å². The number of thiophene rings is 1. The van der Waals surface area contributed by atoms with Gasteiger partial charge in [-0.25, -0.2) is 12.7 Å². The Hall–Kier alpha value is -0.430. The number of rotatable bonds is 5. The summed E-state index contributed by atoms with van der Waals surface area (Å²) in [6, 6.07) is 3.43. The summed E-state index contributed by atoms with van der Waals surface area (Å²) in [6.45, 7) is 2.21. The molecule has 6 heteroatoms. The lowest BCUT2D eigenvalue weighted by molar-refractivity contribution is 0.0628. The summed E-state index contributed by atoms with van der Waals surface area (Å²) < 4.78 is 31.6. The Morgan fingerprint density at radius 3 is 2.78 bits per heavy atom. The van der Waals surface area contributed by atoms with Crippen LogP contribution >= 0.6 is 11.3 Å². The maximum atomic E-state index is 12.2. The fraction of sp³-hybridized carbons (Fsp3) is 0.667. The molecule has 0 spiro atoms. The van der Waals surface area contributed by atoms with Crippen molar-refractivity contribution in [1.82, 2.24) is 4.31 Å². The second kappa shape index (κ2) is 6.14. The van der Waals surface area contributed by atoms with Crippen molar-refractivity contribution in [2.24, 2.45) is 5.92 Å². The van der Waals surface area contributed by atoms with Crippen molar-refractivity contribution in [3.8, 4) is 0 Å². The minimum Gasteiger partial charge on any atom is -0.381 e. The van der Waals surface area contributed by atoms with E-state index in [-0.39, 0.29) is 0 Å². The molecule has 0 saturated carbocycles. The van der Waals surface area contributed by atoms with Crippen LogP contribution in [0.2, 0.25) is 0 Å². The molecule has 0 bridgehead atoms. The number of sulfonamides is 1. The first-order valence-corrected chi connectivity index (χ1v) is 8.50. The van der Waals surface area contributed by atoms with E-state index in [0.717, 1.165) is 32.5 Å². The zero-order valence-electron chi connectivity index (χ0n) is 10.5. The van der Waals surface area contributed by atoms with E-state index in [9.17, 15) is 8.42 Å². The first-order valence-electron chi connectivity index (χ1n) is 6.18. The molecule has 2 rings (SSSR count). The van der Waals surface area contributed by atoms with Gasteiger partial charge in [0, 0.05) is 26.8 Å². The molecule has 4 nitrogen and oxygen atoms in total. The van der Waals surface area contributed by atoms with Gasteiger partial charge in [-0.15, -0.1) is 11.3 Å². The minimum absolute atomic E-state index is 0.428. The topological polar surface area (TPSA) is 46.6 Å². The van der Waals surface area contributed by atoms with Crippen LogP contribution in [0.1, 0.15) is 19.3 Å². The molecule has 1 aromatic rings. The Morgan fingerprint density at radius 2 is 2.17 bits per heavy atom. The highest BCUT2D eigenvalue weighted by molar-refractivity contribution is 7.91. The average Bonchev–Trinajstić information content (AvgIpc) is 2.91. The van der Waals surface area contributed by atoms with Crippen LogP contribution in [0.3, 0.4) is 0 Å². The first kappa shape index (κ1) is 14.0. The van der Waals surface area contributed by atoms with Gasteiger partial charge in [0.2, 0.25) is 0 Å². The van der Waals surface area contributed by atoms with E-state index in [1.807, 2.05) is 0 Å². The third kappa shape index (κ3) is 3.32. The number of nitrogens with zero attached hydrogens (tertiary/aromatic N) is 1. The summed E-state index contributed by atoms with van der Waals surface area (Å²) in [7, 11) is -1.61. The van der Waals surface area contributed by atoms with Crippen LogP contribution in [0.15, 0.2) is 21.7 Å². The largest absolute Gasteiger partial charge is 0.381 e. The van der Waals surface area contributed by atoms with Crippen molar-refractivity contribution in [3.63, 3.8) is 0 Å². The maximum absolute atomic E-state index is 12.2. The number of hydrogen-bond acceptors (Lipinski definition) is 4. The van der Waals surface area contributed by atoms with Gasteiger partial charge >= 0.3 is 0 Å². The molecule has 0 unspecified atom stereocenters. The summed E-state index contributed by atoms with van der Waals surface area (Å²) in [4.78, 5) is 0. The van der Waals surface area contributed by atoms with Crippen LogP contribution < -0.4 is 0 Å². The molecule has 0 N–H and O–H groups in total. The van der Waals surface area contributed by atoms with Crippen molar-refractivity contribution in [1.29, 1.82) is 0 Å². The van der Waals surface area contributed by atoms with E-state index in [0.29, 0.717) is 16.7 Å². The van der Waals surface area contributed by atoms with E-state index < -0.39 is 10.0 Å². The van der Waals surface area contributed by atoms with Gasteiger partial charge in [-0.1, -0.05) is 6.07 Å². The highest BCUT2D eigenvalue weighted by Crippen LogP contribution is 2.23. The summed E-state index contributed by atoms with van der Waals surface area (Å²) in [6.07, 6.45) is 3.02. The van der Waals surface area contributed by atoms with Crippen molar-refractivity contribution < 1.29 is 13.2 Å². The van der Waals surface area contributed by atoms with Gasteiger partial charge in [0.05, 0.1) is 0 Å². The van der Waals surface area contributed by atoms with E-state index >= 15 is 0 Å². The Morgan fingerprint density at radius 1 is 1.44 bits per heavy atom. The molecule has 2 heterocycles. The summed E-state index contributed by atoms with van der Waals surface area (Å²) in [5.74, 6) is 0.597. The van der Waals surface area contributed by atoms with Crippen molar-refractivity contribution >= 4 is 21.4 Å². The van der Waals surface area contributed by atoms with Gasteiger partial charge in [0.15, 0.2) is 0 Å². The van der Waals surface area contributed by atoms with Crippen LogP contribution in [-0.4, -0.2) is 39.5 Å². The molecule has 0 amide bonds. The van der Waals surface area contributed by atoms with Gasteiger partial charge in [0.25, 0.3) is 10.0 Å². The van der Waals surface area contributed by atoms with Crippen molar-refractivity contribution in [2.45, 2.75) is 23.5 Å². The molecular weight excluding hydrogens is 270 g/mol. The fourth-order valence-corrected chi connectivity index (χ4v) is 4.47. The zero-order chi connectivity index (χ0) is 13.0. The molecule has 1 aliphatic rings. The third-order valence-electron chi connectivity index (χ3n) is 3.35. The highest BCUT2D eigenvalue weighted by atomic mass is 32.2. The highest BCUT2D eigenvalue weighted by Gasteiger charge is 2.23. The lowest BCUT2D eigenvalue weighted by atomic mass is 9.97. The summed E-state index contributed by atoms with van der Waals surface area (Å²) in [5.41, 5.74) is 0. The molecule has 1 fully saturated rings. The summed E-state index contributed by atoms with van der Waals surface area (Å²) in [5, 5.41) is 1.79. The molecule has 0 radical (unpaired) electrons. The molecule has 18 heavy (non-hydrogen) atoms. The van der Waals surface area contributed by atoms with Crippen LogP contribution in [0.25, 0.3) is 0 Å². The lowest BCUT2D eigenvalue weighted by Gasteiger charge is -2.24. The molecule has 0 atom stereocenters. The van der Waals surface area contributed by atoms with Crippen LogP contribution in [0.5, 0.6) is 0 Å². The molecule has 0 aliphatic carbocycles. The predicted molar refractivity (Wildman–Crippen MR) is 72.3 cm³/mol. The van der Waals surface area contributed by atoms with Gasteiger partial charge in [-0.05, 0) is 36.6 Å². The molecular formula is C12H19NO3S2. The predicted octanol–water partition coefficient (Wildman–Crippen LogP) is 2.19.